The first-order chi connectivity index (χ1) is 4.86. The molecule has 1 heterocycles. The summed E-state index contributed by atoms with van der Waals surface area (Å²) in [7, 11) is 0. The van der Waals surface area contributed by atoms with Crippen LogP contribution in [0.5, 0.6) is 0 Å². The molecule has 0 bridgehead atoms. The van der Waals surface area contributed by atoms with Crippen LogP contribution in [0.4, 0.5) is 0 Å². The maximum absolute atomic E-state index is 4.40. The lowest BCUT2D eigenvalue weighted by molar-refractivity contribution is 0.955. The summed E-state index contributed by atoms with van der Waals surface area (Å²) < 4.78 is 0. The van der Waals surface area contributed by atoms with Gasteiger partial charge in [-0.3, -0.25) is 4.99 Å². The molecule has 1 heteroatoms. The van der Waals surface area contributed by atoms with E-state index in [4.69, 9.17) is 0 Å². The molecule has 0 N–H and O–H groups in total. The van der Waals surface area contributed by atoms with Gasteiger partial charge in [-0.15, -0.1) is 0 Å². The first-order valence-corrected chi connectivity index (χ1v) is 3.51. The second-order valence-electron chi connectivity index (χ2n) is 2.60. The van der Waals surface area contributed by atoms with Crippen molar-refractivity contribution in [3.8, 4) is 0 Å². The molecule has 0 saturated heterocycles. The van der Waals surface area contributed by atoms with Crippen LogP contribution in [0.1, 0.15) is 6.92 Å². The summed E-state index contributed by atoms with van der Waals surface area (Å²) in [5, 5.41) is 2.41. The molecule has 0 aromatic heterocycles. The molecule has 0 saturated carbocycles. The van der Waals surface area contributed by atoms with Gasteiger partial charge in [0, 0.05) is 0 Å². The third kappa shape index (κ3) is 0.747. The van der Waals surface area contributed by atoms with Gasteiger partial charge in [-0.1, -0.05) is 24.3 Å². The van der Waals surface area contributed by atoms with Crippen LogP contribution in [-0.2, 0) is 0 Å². The quantitative estimate of drug-likeness (QED) is 0.486. The van der Waals surface area contributed by atoms with E-state index in [2.05, 4.69) is 30.1 Å². The summed E-state index contributed by atoms with van der Waals surface area (Å²) in [6.45, 7) is 2.10. The monoisotopic (exact) mass is 131 g/mol. The van der Waals surface area contributed by atoms with E-state index >= 15 is 0 Å². The molecule has 2 rings (SSSR count). The van der Waals surface area contributed by atoms with Crippen molar-refractivity contribution in [3.05, 3.63) is 34.8 Å². The lowest BCUT2D eigenvalue weighted by Crippen LogP contribution is -2.19. The molecule has 0 radical (unpaired) electrons. The Kier molecular flexibility index (Phi) is 1.10. The van der Waals surface area contributed by atoms with E-state index in [1.165, 1.54) is 5.22 Å². The first-order valence-electron chi connectivity index (χ1n) is 3.51. The largest absolute Gasteiger partial charge is 0.278 e. The zero-order valence-electron chi connectivity index (χ0n) is 5.91. The Morgan fingerprint density at radius 2 is 2.10 bits per heavy atom. The van der Waals surface area contributed by atoms with Gasteiger partial charge in [0.05, 0.1) is 11.4 Å². The minimum absolute atomic E-state index is 0.373. The standard InChI is InChI=1S/C9H9N/c1-7-6-8-4-2-3-5-9(8)10-7/h2-7H,1H3. The number of hydrogen-bond acceptors (Lipinski definition) is 1. The van der Waals surface area contributed by atoms with Crippen molar-refractivity contribution in [1.29, 1.82) is 0 Å². The van der Waals surface area contributed by atoms with Crippen LogP contribution < -0.4 is 10.6 Å². The minimum atomic E-state index is 0.373. The van der Waals surface area contributed by atoms with Crippen molar-refractivity contribution < 1.29 is 0 Å². The Morgan fingerprint density at radius 1 is 1.30 bits per heavy atom. The molecular weight excluding hydrogens is 122 g/mol. The number of para-hydroxylation sites is 1. The highest BCUT2D eigenvalue weighted by Gasteiger charge is 1.99. The molecule has 0 fully saturated rings. The van der Waals surface area contributed by atoms with E-state index < -0.39 is 0 Å². The zero-order valence-corrected chi connectivity index (χ0v) is 5.91. The lowest BCUT2D eigenvalue weighted by atomic mass is 10.3. The average Bonchev–Trinajstić information content (AvgIpc) is 2.27. The summed E-state index contributed by atoms with van der Waals surface area (Å²) in [5.74, 6) is 0. The van der Waals surface area contributed by atoms with Gasteiger partial charge < -0.3 is 0 Å². The summed E-state index contributed by atoms with van der Waals surface area (Å²) in [5.41, 5.74) is 0. The summed E-state index contributed by atoms with van der Waals surface area (Å²) >= 11 is 0. The molecule has 0 aliphatic carbocycles. The molecule has 1 aromatic carbocycles. The normalized spacial score (nSPS) is 21.1. The average molecular weight is 131 g/mol. The zero-order chi connectivity index (χ0) is 6.97. The highest BCUT2D eigenvalue weighted by molar-refractivity contribution is 5.33. The number of rotatable bonds is 0. The van der Waals surface area contributed by atoms with Crippen molar-refractivity contribution in [3.63, 3.8) is 0 Å². The smallest absolute Gasteiger partial charge is 0.0668 e. The van der Waals surface area contributed by atoms with E-state index in [-0.39, 0.29) is 0 Å². The van der Waals surface area contributed by atoms with Crippen LogP contribution in [0.2, 0.25) is 0 Å². The van der Waals surface area contributed by atoms with Crippen LogP contribution in [0.3, 0.4) is 0 Å². The van der Waals surface area contributed by atoms with E-state index in [9.17, 15) is 0 Å². The van der Waals surface area contributed by atoms with Gasteiger partial charge in [0.2, 0.25) is 0 Å². The highest BCUT2D eigenvalue weighted by Crippen LogP contribution is 1.92. The molecule has 1 atom stereocenters. The summed E-state index contributed by atoms with van der Waals surface area (Å²) in [6.07, 6.45) is 2.18. The molecule has 50 valence electrons. The molecule has 1 aliphatic rings. The van der Waals surface area contributed by atoms with Crippen LogP contribution in [0.25, 0.3) is 6.08 Å². The van der Waals surface area contributed by atoms with Crippen LogP contribution in [0, 0.1) is 0 Å². The van der Waals surface area contributed by atoms with Crippen molar-refractivity contribution in [2.24, 2.45) is 4.99 Å². The highest BCUT2D eigenvalue weighted by atomic mass is 14.8. The summed E-state index contributed by atoms with van der Waals surface area (Å²) in [4.78, 5) is 4.40. The maximum Gasteiger partial charge on any atom is 0.0668 e. The second-order valence-corrected chi connectivity index (χ2v) is 2.60. The minimum Gasteiger partial charge on any atom is -0.278 e. The van der Waals surface area contributed by atoms with E-state index in [1.807, 2.05) is 12.1 Å². The fourth-order valence-electron chi connectivity index (χ4n) is 1.26. The number of hydrogen-bond donors (Lipinski definition) is 0. The summed E-state index contributed by atoms with van der Waals surface area (Å²) in [6, 6.07) is 8.59. The Bertz CT molecular complexity index is 316. The SMILES string of the molecule is CC1C=c2ccccc2=N1. The molecule has 1 unspecified atom stereocenters. The van der Waals surface area contributed by atoms with Gasteiger partial charge in [0.15, 0.2) is 0 Å². The van der Waals surface area contributed by atoms with Crippen molar-refractivity contribution >= 4 is 6.08 Å². The predicted octanol–water partition coefficient (Wildman–Crippen LogP) is 0.489. The lowest BCUT2D eigenvalue weighted by Gasteiger charge is -1.85. The first kappa shape index (κ1) is 5.66. The number of fused-ring (bicyclic) bond motifs is 1. The second kappa shape index (κ2) is 1.94. The molecular formula is C9H9N. The topological polar surface area (TPSA) is 12.4 Å². The molecule has 1 aromatic rings. The van der Waals surface area contributed by atoms with Crippen molar-refractivity contribution in [2.75, 3.05) is 0 Å². The third-order valence-electron chi connectivity index (χ3n) is 1.70. The number of nitrogens with zero attached hydrogens (tertiary/aromatic N) is 1. The molecule has 0 spiro atoms. The van der Waals surface area contributed by atoms with Crippen LogP contribution in [-0.4, -0.2) is 6.04 Å². The van der Waals surface area contributed by atoms with Crippen LogP contribution >= 0.6 is 0 Å². The van der Waals surface area contributed by atoms with Gasteiger partial charge >= 0.3 is 0 Å². The Balaban J connectivity index is 2.83. The van der Waals surface area contributed by atoms with Crippen molar-refractivity contribution in [1.82, 2.24) is 0 Å². The predicted molar refractivity (Wildman–Crippen MR) is 41.2 cm³/mol. The molecule has 1 aliphatic heterocycles. The Labute approximate surface area is 59.7 Å². The maximum atomic E-state index is 4.40. The van der Waals surface area contributed by atoms with Gasteiger partial charge in [-0.2, -0.15) is 0 Å². The van der Waals surface area contributed by atoms with Crippen LogP contribution in [0.15, 0.2) is 29.3 Å². The molecule has 10 heavy (non-hydrogen) atoms. The molecule has 0 amide bonds. The fraction of sp³-hybridized carbons (Fsp3) is 0.222. The van der Waals surface area contributed by atoms with Gasteiger partial charge in [-0.25, -0.2) is 0 Å². The van der Waals surface area contributed by atoms with E-state index in [1.54, 1.807) is 0 Å². The molecule has 1 nitrogen and oxygen atoms in total. The van der Waals surface area contributed by atoms with Gasteiger partial charge in [0.1, 0.15) is 0 Å². The fourth-order valence-corrected chi connectivity index (χ4v) is 1.26. The Hall–Kier alpha value is -1.11. The third-order valence-corrected chi connectivity index (χ3v) is 1.70. The Morgan fingerprint density at radius 3 is 2.90 bits per heavy atom. The van der Waals surface area contributed by atoms with Gasteiger partial charge in [0.25, 0.3) is 0 Å². The van der Waals surface area contributed by atoms with E-state index in [0.717, 1.165) is 5.36 Å². The number of benzene rings is 1. The van der Waals surface area contributed by atoms with E-state index in [0.29, 0.717) is 6.04 Å². The van der Waals surface area contributed by atoms with Crippen molar-refractivity contribution in [2.45, 2.75) is 13.0 Å². The van der Waals surface area contributed by atoms with Gasteiger partial charge in [-0.05, 0) is 18.2 Å².